The molecule has 0 spiro atoms. The van der Waals surface area contributed by atoms with E-state index in [-0.39, 0.29) is 0 Å². The minimum absolute atomic E-state index is 0.316. The van der Waals surface area contributed by atoms with E-state index in [2.05, 4.69) is 31.2 Å². The molecule has 1 aromatic heterocycles. The van der Waals surface area contributed by atoms with Crippen molar-refractivity contribution in [2.45, 2.75) is 53.1 Å². The summed E-state index contributed by atoms with van der Waals surface area (Å²) in [5.74, 6) is 0.922. The van der Waals surface area contributed by atoms with Crippen LogP contribution in [0.15, 0.2) is 4.52 Å². The normalized spacial score (nSPS) is 15.5. The molecule has 2 atom stereocenters. The predicted molar refractivity (Wildman–Crippen MR) is 57.3 cm³/mol. The Morgan fingerprint density at radius 3 is 2.43 bits per heavy atom. The van der Waals surface area contributed by atoms with Gasteiger partial charge in [-0.05, 0) is 34.1 Å². The second-order valence-electron chi connectivity index (χ2n) is 3.94. The molecule has 0 radical (unpaired) electrons. The monoisotopic (exact) mass is 196 g/mol. The summed E-state index contributed by atoms with van der Waals surface area (Å²) in [6, 6.07) is 0.842. The summed E-state index contributed by atoms with van der Waals surface area (Å²) in [7, 11) is 0. The van der Waals surface area contributed by atoms with E-state index in [9.17, 15) is 0 Å². The average Bonchev–Trinajstić information content (AvgIpc) is 2.46. The van der Waals surface area contributed by atoms with Crippen LogP contribution in [0.1, 0.15) is 50.3 Å². The number of rotatable bonds is 4. The third-order valence-electron chi connectivity index (χ3n) is 2.67. The van der Waals surface area contributed by atoms with E-state index in [4.69, 9.17) is 4.52 Å². The molecule has 3 heteroatoms. The molecule has 0 fully saturated rings. The van der Waals surface area contributed by atoms with Crippen molar-refractivity contribution in [1.82, 2.24) is 10.5 Å². The average molecular weight is 196 g/mol. The van der Waals surface area contributed by atoms with Gasteiger partial charge >= 0.3 is 0 Å². The van der Waals surface area contributed by atoms with Crippen LogP contribution >= 0.6 is 0 Å². The van der Waals surface area contributed by atoms with Crippen molar-refractivity contribution < 1.29 is 4.52 Å². The van der Waals surface area contributed by atoms with Gasteiger partial charge in [-0.3, -0.25) is 0 Å². The molecule has 80 valence electrons. The molecule has 0 aliphatic heterocycles. The number of hydrogen-bond donors (Lipinski definition) is 1. The maximum absolute atomic E-state index is 5.14. The smallest absolute Gasteiger partial charge is 0.138 e. The fourth-order valence-electron chi connectivity index (χ4n) is 1.74. The van der Waals surface area contributed by atoms with Crippen LogP contribution in [-0.4, -0.2) is 11.2 Å². The Bertz CT molecular complexity index is 274. The zero-order valence-corrected chi connectivity index (χ0v) is 9.72. The van der Waals surface area contributed by atoms with E-state index >= 15 is 0 Å². The van der Waals surface area contributed by atoms with Crippen molar-refractivity contribution in [1.29, 1.82) is 0 Å². The van der Waals surface area contributed by atoms with Gasteiger partial charge in [-0.25, -0.2) is 0 Å². The van der Waals surface area contributed by atoms with E-state index in [1.54, 1.807) is 0 Å². The van der Waals surface area contributed by atoms with Crippen LogP contribution < -0.4 is 5.32 Å². The third kappa shape index (κ3) is 2.35. The van der Waals surface area contributed by atoms with Gasteiger partial charge in [0, 0.05) is 17.6 Å². The summed E-state index contributed by atoms with van der Waals surface area (Å²) in [4.78, 5) is 0. The molecule has 0 bridgehead atoms. The van der Waals surface area contributed by atoms with Crippen LogP contribution in [0, 0.1) is 13.8 Å². The first-order valence-electron chi connectivity index (χ1n) is 5.25. The minimum Gasteiger partial charge on any atom is -0.361 e. The van der Waals surface area contributed by atoms with Gasteiger partial charge in [0.05, 0.1) is 5.69 Å². The zero-order valence-electron chi connectivity index (χ0n) is 9.72. The fourth-order valence-corrected chi connectivity index (χ4v) is 1.74. The van der Waals surface area contributed by atoms with Gasteiger partial charge in [0.25, 0.3) is 0 Å². The quantitative estimate of drug-likeness (QED) is 0.804. The van der Waals surface area contributed by atoms with Gasteiger partial charge in [-0.15, -0.1) is 0 Å². The lowest BCUT2D eigenvalue weighted by Crippen LogP contribution is -2.28. The van der Waals surface area contributed by atoms with Gasteiger partial charge in [-0.1, -0.05) is 12.1 Å². The molecule has 0 saturated heterocycles. The van der Waals surface area contributed by atoms with E-state index in [0.717, 1.165) is 17.9 Å². The van der Waals surface area contributed by atoms with E-state index in [1.165, 1.54) is 5.56 Å². The van der Waals surface area contributed by atoms with Crippen LogP contribution in [-0.2, 0) is 0 Å². The molecule has 0 aliphatic rings. The Labute approximate surface area is 85.9 Å². The Kier molecular flexibility index (Phi) is 3.69. The second-order valence-corrected chi connectivity index (χ2v) is 3.94. The predicted octanol–water partition coefficient (Wildman–Crippen LogP) is 2.74. The number of aromatic nitrogens is 1. The first-order valence-corrected chi connectivity index (χ1v) is 5.25. The summed E-state index contributed by atoms with van der Waals surface area (Å²) in [6.07, 6.45) is 1.13. The summed E-state index contributed by atoms with van der Waals surface area (Å²) in [5.41, 5.74) is 2.19. The van der Waals surface area contributed by atoms with E-state index in [1.807, 2.05) is 13.8 Å². The summed E-state index contributed by atoms with van der Waals surface area (Å²) in [5, 5.41) is 7.47. The van der Waals surface area contributed by atoms with Crippen LogP contribution in [0.2, 0.25) is 0 Å². The Balaban J connectivity index is 2.73. The van der Waals surface area contributed by atoms with Crippen LogP contribution in [0.3, 0.4) is 0 Å². The lowest BCUT2D eigenvalue weighted by atomic mass is 10.1. The van der Waals surface area contributed by atoms with Crippen molar-refractivity contribution >= 4 is 0 Å². The number of hydrogen-bond acceptors (Lipinski definition) is 3. The van der Waals surface area contributed by atoms with Gasteiger partial charge < -0.3 is 9.84 Å². The molecule has 2 unspecified atom stereocenters. The van der Waals surface area contributed by atoms with Crippen molar-refractivity contribution in [3.63, 3.8) is 0 Å². The molecular weight excluding hydrogens is 176 g/mol. The third-order valence-corrected chi connectivity index (χ3v) is 2.67. The van der Waals surface area contributed by atoms with Crippen molar-refractivity contribution in [2.24, 2.45) is 0 Å². The second kappa shape index (κ2) is 4.60. The minimum atomic E-state index is 0.316. The number of aryl methyl sites for hydroxylation is 2. The van der Waals surface area contributed by atoms with Gasteiger partial charge in [0.15, 0.2) is 0 Å². The number of nitrogens with one attached hydrogen (secondary N) is 1. The van der Waals surface area contributed by atoms with Crippen LogP contribution in [0.4, 0.5) is 0 Å². The standard InChI is InChI=1S/C11H20N2O/c1-6-7(2)12-8(3)11-9(4)13-14-10(11)5/h7-8,12H,6H2,1-5H3. The lowest BCUT2D eigenvalue weighted by molar-refractivity contribution is 0.389. The SMILES string of the molecule is CCC(C)NC(C)c1c(C)noc1C. The number of nitrogens with zero attached hydrogens (tertiary/aromatic N) is 1. The largest absolute Gasteiger partial charge is 0.361 e. The maximum atomic E-state index is 5.14. The van der Waals surface area contributed by atoms with Crippen molar-refractivity contribution in [2.75, 3.05) is 0 Å². The van der Waals surface area contributed by atoms with Crippen molar-refractivity contribution in [3.8, 4) is 0 Å². The molecule has 0 saturated carbocycles. The molecule has 3 nitrogen and oxygen atoms in total. The van der Waals surface area contributed by atoms with E-state index in [0.29, 0.717) is 12.1 Å². The lowest BCUT2D eigenvalue weighted by Gasteiger charge is -2.18. The highest BCUT2D eigenvalue weighted by atomic mass is 16.5. The zero-order chi connectivity index (χ0) is 10.7. The molecular formula is C11H20N2O. The van der Waals surface area contributed by atoms with Crippen LogP contribution in [0.25, 0.3) is 0 Å². The summed E-state index contributed by atoms with van der Waals surface area (Å²) >= 11 is 0. The van der Waals surface area contributed by atoms with Gasteiger partial charge in [-0.2, -0.15) is 0 Å². The van der Waals surface area contributed by atoms with Gasteiger partial charge in [0.2, 0.25) is 0 Å². The first kappa shape index (κ1) is 11.2. The highest BCUT2D eigenvalue weighted by molar-refractivity contribution is 5.24. The molecule has 1 N–H and O–H groups in total. The van der Waals surface area contributed by atoms with Crippen molar-refractivity contribution in [3.05, 3.63) is 17.0 Å². The molecule has 0 amide bonds. The topological polar surface area (TPSA) is 38.1 Å². The molecule has 14 heavy (non-hydrogen) atoms. The molecule has 0 aliphatic carbocycles. The fraction of sp³-hybridized carbons (Fsp3) is 0.727. The highest BCUT2D eigenvalue weighted by Gasteiger charge is 2.16. The van der Waals surface area contributed by atoms with Gasteiger partial charge in [0.1, 0.15) is 5.76 Å². The van der Waals surface area contributed by atoms with E-state index < -0.39 is 0 Å². The highest BCUT2D eigenvalue weighted by Crippen LogP contribution is 2.21. The first-order chi connectivity index (χ1) is 6.56. The molecule has 0 aromatic carbocycles. The summed E-state index contributed by atoms with van der Waals surface area (Å²) < 4.78 is 5.14. The Morgan fingerprint density at radius 1 is 1.36 bits per heavy atom. The Hall–Kier alpha value is -0.830. The maximum Gasteiger partial charge on any atom is 0.138 e. The molecule has 1 heterocycles. The summed E-state index contributed by atoms with van der Waals surface area (Å²) in [6.45, 7) is 10.5. The molecule has 1 rings (SSSR count). The Morgan fingerprint density at radius 2 is 2.00 bits per heavy atom. The molecule has 1 aromatic rings. The van der Waals surface area contributed by atoms with Crippen LogP contribution in [0.5, 0.6) is 0 Å².